The summed E-state index contributed by atoms with van der Waals surface area (Å²) in [7, 11) is 0. The quantitative estimate of drug-likeness (QED) is 0.183. The van der Waals surface area contributed by atoms with Crippen molar-refractivity contribution in [1.29, 1.82) is 0 Å². The van der Waals surface area contributed by atoms with Crippen molar-refractivity contribution in [3.8, 4) is 0 Å². The molecule has 2 N–H and O–H groups in total. The molecule has 0 aliphatic heterocycles. The Labute approximate surface area is 261 Å². The number of nitrogens with one attached hydrogen (secondary N) is 2. The molecule has 212 valence electrons. The second-order valence-electron chi connectivity index (χ2n) is 10.5. The number of halogens is 1. The largest absolute Gasteiger partial charge is 2.00 e. The summed E-state index contributed by atoms with van der Waals surface area (Å²) < 4.78 is 1.87. The number of nitrogens with zero attached hydrogens (tertiary/aromatic N) is 5. The van der Waals surface area contributed by atoms with E-state index in [1.165, 1.54) is 0 Å². The molecule has 0 saturated heterocycles. The predicted molar refractivity (Wildman–Crippen MR) is 168 cm³/mol. The van der Waals surface area contributed by atoms with Crippen molar-refractivity contribution in [2.75, 3.05) is 10.6 Å². The van der Waals surface area contributed by atoms with Crippen LogP contribution in [0.1, 0.15) is 38.2 Å². The van der Waals surface area contributed by atoms with E-state index in [1.807, 2.05) is 108 Å². The minimum absolute atomic E-state index is 0. The predicted octanol–water partition coefficient (Wildman–Crippen LogP) is 8.26. The molecule has 0 aliphatic carbocycles. The van der Waals surface area contributed by atoms with Gasteiger partial charge in [-0.2, -0.15) is 0 Å². The van der Waals surface area contributed by atoms with Crippen LogP contribution in [0.2, 0.25) is 5.02 Å². The van der Waals surface area contributed by atoms with Crippen LogP contribution >= 0.6 is 11.6 Å². The third-order valence-corrected chi connectivity index (χ3v) is 6.60. The van der Waals surface area contributed by atoms with Crippen molar-refractivity contribution >= 4 is 39.6 Å². The molecule has 0 bridgehead atoms. The molecule has 2 heterocycles. The Morgan fingerprint density at radius 1 is 0.762 bits per heavy atom. The molecule has 2 aromatic heterocycles. The van der Waals surface area contributed by atoms with Crippen molar-refractivity contribution in [2.24, 2.45) is 0 Å². The summed E-state index contributed by atoms with van der Waals surface area (Å²) in [6, 6.07) is 37.8. The Kier molecular flexibility index (Phi) is 10.3. The van der Waals surface area contributed by atoms with E-state index in [0.29, 0.717) is 5.02 Å². The van der Waals surface area contributed by atoms with Crippen LogP contribution in [0.25, 0.3) is 10.9 Å². The summed E-state index contributed by atoms with van der Waals surface area (Å²) in [5.74, 6) is 0.757. The number of aromatic nitrogens is 5. The smallest absolute Gasteiger partial charge is 0.371 e. The number of hydrogen-bond acceptors (Lipinski definition) is 6. The Morgan fingerprint density at radius 3 is 2.02 bits per heavy atom. The fraction of sp³-hybridized carbons (Fsp3) is 0.152. The van der Waals surface area contributed by atoms with Gasteiger partial charge in [-0.25, -0.2) is 4.68 Å². The zero-order valence-corrected chi connectivity index (χ0v) is 25.5. The number of pyridine rings is 1. The van der Waals surface area contributed by atoms with Crippen LogP contribution in [0.5, 0.6) is 0 Å². The van der Waals surface area contributed by atoms with Crippen molar-refractivity contribution < 1.29 is 17.1 Å². The van der Waals surface area contributed by atoms with Gasteiger partial charge in [0.05, 0.1) is 11.1 Å². The molecule has 0 aliphatic rings. The molecule has 42 heavy (non-hydrogen) atoms. The van der Waals surface area contributed by atoms with Crippen molar-refractivity contribution in [3.05, 3.63) is 138 Å². The van der Waals surface area contributed by atoms with Gasteiger partial charge in [0, 0.05) is 33.7 Å². The molecule has 0 spiro atoms. The topological polar surface area (TPSA) is 80.5 Å². The summed E-state index contributed by atoms with van der Waals surface area (Å²) in [6.45, 7) is 6.27. The zero-order valence-electron chi connectivity index (χ0n) is 23.6. The van der Waals surface area contributed by atoms with E-state index in [1.54, 1.807) is 6.20 Å². The van der Waals surface area contributed by atoms with Crippen LogP contribution in [0.15, 0.2) is 121 Å². The Morgan fingerprint density at radius 2 is 1.38 bits per heavy atom. The number of anilines is 3. The molecular weight excluding hydrogens is 586 g/mol. The number of hydrogen-bond donors (Lipinski definition) is 2. The van der Waals surface area contributed by atoms with Gasteiger partial charge in [0.2, 0.25) is 0 Å². The normalized spacial score (nSPS) is 11.5. The fourth-order valence-electron chi connectivity index (χ4n) is 4.38. The third-order valence-electron chi connectivity index (χ3n) is 6.37. The molecule has 6 rings (SSSR count). The molecule has 1 unspecified atom stereocenters. The maximum atomic E-state index is 6.12. The molecule has 6 aromatic rings. The number of rotatable bonds is 6. The summed E-state index contributed by atoms with van der Waals surface area (Å²) in [5, 5.41) is 21.4. The molecule has 0 radical (unpaired) electrons. The molecule has 0 saturated carbocycles. The minimum atomic E-state index is -0.251. The van der Waals surface area contributed by atoms with Gasteiger partial charge >= 0.3 is 17.1 Å². The van der Waals surface area contributed by atoms with Crippen molar-refractivity contribution in [1.82, 2.24) is 25.2 Å². The molecule has 4 aromatic carbocycles. The first-order valence-electron chi connectivity index (χ1n) is 13.4. The molecule has 0 amide bonds. The molecule has 9 heteroatoms. The van der Waals surface area contributed by atoms with E-state index in [9.17, 15) is 0 Å². The van der Waals surface area contributed by atoms with Crippen LogP contribution in [0.4, 0.5) is 17.1 Å². The Bertz CT molecular complexity index is 1660. The van der Waals surface area contributed by atoms with E-state index in [4.69, 9.17) is 11.6 Å². The first-order valence-corrected chi connectivity index (χ1v) is 13.8. The SMILES string of the molecule is CC(C)(C)n1nnnc1C(Nc1ccc(Nc2ccnc3cc(Cl)ccc23)cc1)c1ccccc1.[Fe+2].c1ccccc1. The van der Waals surface area contributed by atoms with E-state index in [2.05, 4.69) is 64.0 Å². The van der Waals surface area contributed by atoms with Crippen LogP contribution in [0, 0.1) is 0 Å². The van der Waals surface area contributed by atoms with Crippen LogP contribution < -0.4 is 10.6 Å². The Balaban J connectivity index is 0.000000516. The van der Waals surface area contributed by atoms with Gasteiger partial charge in [-0.05, 0) is 85.3 Å². The van der Waals surface area contributed by atoms with Crippen LogP contribution in [-0.2, 0) is 22.6 Å². The fourth-order valence-corrected chi connectivity index (χ4v) is 4.55. The van der Waals surface area contributed by atoms with Crippen LogP contribution in [0.3, 0.4) is 0 Å². The first-order chi connectivity index (χ1) is 19.9. The monoisotopic (exact) mass is 617 g/mol. The first kappa shape index (κ1) is 30.7. The second kappa shape index (κ2) is 14.1. The zero-order chi connectivity index (χ0) is 28.7. The van der Waals surface area contributed by atoms with Gasteiger partial charge in [0.15, 0.2) is 5.82 Å². The molecule has 0 fully saturated rings. The number of tetrazole rings is 1. The average Bonchev–Trinajstić information content (AvgIpc) is 3.49. The van der Waals surface area contributed by atoms with E-state index < -0.39 is 0 Å². The van der Waals surface area contributed by atoms with Crippen LogP contribution in [-0.4, -0.2) is 25.2 Å². The van der Waals surface area contributed by atoms with Crippen molar-refractivity contribution in [2.45, 2.75) is 32.4 Å². The summed E-state index contributed by atoms with van der Waals surface area (Å²) in [4.78, 5) is 4.42. The standard InChI is InChI=1S/C27H26ClN7.C6H6.Fe/c1-27(2,3)35-26(32-33-34-35)25(18-7-5-4-6-8-18)31-21-12-10-20(11-13-21)30-23-15-16-29-24-17-19(28)9-14-22(23)24;1-2-4-6-5-3-1;/h4-17,25,31H,1-3H3,(H,29,30);1-6H;/q;;+2. The Hall–Kier alpha value is -4.23. The molecule has 7 nitrogen and oxygen atoms in total. The van der Waals surface area contributed by atoms with Gasteiger partial charge < -0.3 is 10.6 Å². The maximum Gasteiger partial charge on any atom is 2.00 e. The third kappa shape index (κ3) is 7.73. The average molecular weight is 618 g/mol. The summed E-state index contributed by atoms with van der Waals surface area (Å²) in [5.41, 5.74) is 4.57. The summed E-state index contributed by atoms with van der Waals surface area (Å²) >= 11 is 6.12. The van der Waals surface area contributed by atoms with Gasteiger partial charge in [-0.3, -0.25) is 4.98 Å². The summed E-state index contributed by atoms with van der Waals surface area (Å²) in [6.07, 6.45) is 1.78. The molecule has 1 atom stereocenters. The van der Waals surface area contributed by atoms with Gasteiger partial charge in [0.1, 0.15) is 6.04 Å². The van der Waals surface area contributed by atoms with E-state index in [-0.39, 0.29) is 28.6 Å². The number of fused-ring (bicyclic) bond motifs is 1. The number of benzene rings is 4. The maximum absolute atomic E-state index is 6.12. The molecular formula is C33H32ClFeN7+2. The van der Waals surface area contributed by atoms with Gasteiger partial charge in [0.25, 0.3) is 0 Å². The van der Waals surface area contributed by atoms with Gasteiger partial charge in [-0.1, -0.05) is 78.3 Å². The van der Waals surface area contributed by atoms with E-state index in [0.717, 1.165) is 39.4 Å². The second-order valence-corrected chi connectivity index (χ2v) is 10.9. The van der Waals surface area contributed by atoms with E-state index >= 15 is 0 Å². The van der Waals surface area contributed by atoms with Crippen molar-refractivity contribution in [3.63, 3.8) is 0 Å². The van der Waals surface area contributed by atoms with Gasteiger partial charge in [-0.15, -0.1) is 5.10 Å². The minimum Gasteiger partial charge on any atom is -0.371 e.